The Balaban J connectivity index is 2.42. The molecule has 0 aliphatic rings. The van der Waals surface area contributed by atoms with Gasteiger partial charge in [-0.2, -0.15) is 28.1 Å². The minimum absolute atomic E-state index is 0.00799. The molecular formula is C15H19F3N6S. The van der Waals surface area contributed by atoms with Gasteiger partial charge in [0.25, 0.3) is 0 Å². The van der Waals surface area contributed by atoms with E-state index in [0.29, 0.717) is 5.69 Å². The fourth-order valence-electron chi connectivity index (χ4n) is 1.81. The lowest BCUT2D eigenvalue weighted by Gasteiger charge is -2.18. The number of thioether (sulfide) groups is 1. The first-order valence-corrected chi connectivity index (χ1v) is 8.79. The highest BCUT2D eigenvalue weighted by molar-refractivity contribution is 7.98. The van der Waals surface area contributed by atoms with Gasteiger partial charge in [0, 0.05) is 6.04 Å². The number of nitrogens with zero attached hydrogens (tertiary/aromatic N) is 4. The highest BCUT2D eigenvalue weighted by Crippen LogP contribution is 2.24. The van der Waals surface area contributed by atoms with Crippen molar-refractivity contribution in [1.82, 2.24) is 19.9 Å². The molecule has 0 saturated carbocycles. The smallest absolute Gasteiger partial charge is 0.352 e. The summed E-state index contributed by atoms with van der Waals surface area (Å²) in [5.74, 6) is 0.230. The Labute approximate surface area is 148 Å². The van der Waals surface area contributed by atoms with Gasteiger partial charge in [-0.1, -0.05) is 6.07 Å². The van der Waals surface area contributed by atoms with Crippen molar-refractivity contribution >= 4 is 23.7 Å². The number of hydrogen-bond donors (Lipinski definition) is 2. The minimum Gasteiger partial charge on any atom is -0.352 e. The molecule has 25 heavy (non-hydrogen) atoms. The highest BCUT2D eigenvalue weighted by atomic mass is 32.2. The summed E-state index contributed by atoms with van der Waals surface area (Å²) in [6.45, 7) is 4.76. The molecule has 0 fully saturated rings. The SMILES string of the molecule is CSc1cccc(-c2nc(NC(C)C)nc(N[C@H](C)C(F)(F)F)n2)n1. The van der Waals surface area contributed by atoms with Gasteiger partial charge in [0.15, 0.2) is 5.82 Å². The van der Waals surface area contributed by atoms with Crippen LogP contribution in [0.2, 0.25) is 0 Å². The van der Waals surface area contributed by atoms with Crippen molar-refractivity contribution in [3.8, 4) is 11.5 Å². The zero-order valence-corrected chi connectivity index (χ0v) is 15.0. The summed E-state index contributed by atoms with van der Waals surface area (Å²) in [4.78, 5) is 16.8. The topological polar surface area (TPSA) is 75.6 Å². The van der Waals surface area contributed by atoms with Crippen LogP contribution in [-0.4, -0.2) is 44.5 Å². The highest BCUT2D eigenvalue weighted by Gasteiger charge is 2.36. The second kappa shape index (κ2) is 7.85. The van der Waals surface area contributed by atoms with Crippen molar-refractivity contribution in [3.05, 3.63) is 18.2 Å². The van der Waals surface area contributed by atoms with Crippen LogP contribution in [0.1, 0.15) is 20.8 Å². The number of alkyl halides is 3. The largest absolute Gasteiger partial charge is 0.408 e. The number of anilines is 2. The normalized spacial score (nSPS) is 13.0. The first-order chi connectivity index (χ1) is 11.7. The fourth-order valence-corrected chi connectivity index (χ4v) is 2.21. The van der Waals surface area contributed by atoms with Crippen molar-refractivity contribution in [2.75, 3.05) is 16.9 Å². The molecule has 0 unspecified atom stereocenters. The summed E-state index contributed by atoms with van der Waals surface area (Å²) in [7, 11) is 0. The molecule has 0 aliphatic heterocycles. The Kier molecular flexibility index (Phi) is 6.04. The maximum absolute atomic E-state index is 12.8. The van der Waals surface area contributed by atoms with E-state index in [1.165, 1.54) is 11.8 Å². The van der Waals surface area contributed by atoms with Crippen LogP contribution in [0.3, 0.4) is 0 Å². The molecule has 2 heterocycles. The molecule has 2 N–H and O–H groups in total. The Hall–Kier alpha value is -2.10. The maximum Gasteiger partial charge on any atom is 0.408 e. The van der Waals surface area contributed by atoms with Crippen molar-refractivity contribution in [2.45, 2.75) is 44.1 Å². The Morgan fingerprint density at radius 2 is 1.60 bits per heavy atom. The summed E-state index contributed by atoms with van der Waals surface area (Å²) >= 11 is 1.45. The summed E-state index contributed by atoms with van der Waals surface area (Å²) in [6.07, 6.45) is -2.53. The monoisotopic (exact) mass is 372 g/mol. The van der Waals surface area contributed by atoms with E-state index in [1.54, 1.807) is 12.1 Å². The maximum atomic E-state index is 12.8. The average Bonchev–Trinajstić information content (AvgIpc) is 2.53. The van der Waals surface area contributed by atoms with Crippen LogP contribution in [0, 0.1) is 0 Å². The molecule has 0 saturated heterocycles. The zero-order chi connectivity index (χ0) is 18.6. The van der Waals surface area contributed by atoms with Gasteiger partial charge in [0.1, 0.15) is 11.7 Å². The Morgan fingerprint density at radius 1 is 0.960 bits per heavy atom. The van der Waals surface area contributed by atoms with Gasteiger partial charge >= 0.3 is 6.18 Å². The van der Waals surface area contributed by atoms with Gasteiger partial charge in [-0.3, -0.25) is 0 Å². The van der Waals surface area contributed by atoms with E-state index in [4.69, 9.17) is 0 Å². The first kappa shape index (κ1) is 19.2. The predicted octanol–water partition coefficient (Wildman–Crippen LogP) is 3.84. The van der Waals surface area contributed by atoms with Gasteiger partial charge in [0.05, 0.1) is 5.03 Å². The number of pyridine rings is 1. The lowest BCUT2D eigenvalue weighted by molar-refractivity contribution is -0.138. The van der Waals surface area contributed by atoms with Gasteiger partial charge in [-0.05, 0) is 39.2 Å². The lowest BCUT2D eigenvalue weighted by atomic mass is 10.3. The van der Waals surface area contributed by atoms with Crippen molar-refractivity contribution in [2.24, 2.45) is 0 Å². The molecule has 0 spiro atoms. The van der Waals surface area contributed by atoms with E-state index in [0.717, 1.165) is 11.9 Å². The van der Waals surface area contributed by atoms with Gasteiger partial charge < -0.3 is 10.6 Å². The third-order valence-electron chi connectivity index (χ3n) is 3.05. The second-order valence-electron chi connectivity index (χ2n) is 5.58. The Morgan fingerprint density at radius 3 is 2.16 bits per heavy atom. The van der Waals surface area contributed by atoms with E-state index >= 15 is 0 Å². The van der Waals surface area contributed by atoms with Crippen molar-refractivity contribution in [3.63, 3.8) is 0 Å². The van der Waals surface area contributed by atoms with Crippen LogP contribution in [-0.2, 0) is 0 Å². The number of halogens is 3. The molecule has 136 valence electrons. The van der Waals surface area contributed by atoms with Crippen LogP contribution in [0.15, 0.2) is 23.2 Å². The number of nitrogens with one attached hydrogen (secondary N) is 2. The molecule has 0 amide bonds. The molecule has 0 bridgehead atoms. The molecular weight excluding hydrogens is 353 g/mol. The van der Waals surface area contributed by atoms with Crippen molar-refractivity contribution in [1.29, 1.82) is 0 Å². The minimum atomic E-state index is -4.41. The third-order valence-corrected chi connectivity index (χ3v) is 3.70. The second-order valence-corrected chi connectivity index (χ2v) is 6.40. The molecule has 0 aromatic carbocycles. The van der Waals surface area contributed by atoms with Gasteiger partial charge in [-0.15, -0.1) is 11.8 Å². The van der Waals surface area contributed by atoms with Crippen molar-refractivity contribution < 1.29 is 13.2 Å². The molecule has 2 rings (SSSR count). The van der Waals surface area contributed by atoms with E-state index in [1.807, 2.05) is 26.2 Å². The standard InChI is InChI=1S/C15H19F3N6S/c1-8(2)19-13-22-12(10-6-5-7-11(21-10)25-4)23-14(24-13)20-9(3)15(16,17)18/h5-9H,1-4H3,(H2,19,20,22,23,24)/t9-/m1/s1. The van der Waals surface area contributed by atoms with E-state index in [9.17, 15) is 13.2 Å². The van der Waals surface area contributed by atoms with Gasteiger partial charge in [0.2, 0.25) is 11.9 Å². The van der Waals surface area contributed by atoms with E-state index in [-0.39, 0.29) is 23.8 Å². The van der Waals surface area contributed by atoms with Crippen LogP contribution in [0.5, 0.6) is 0 Å². The Bertz CT molecular complexity index is 723. The van der Waals surface area contributed by atoms with E-state index in [2.05, 4.69) is 30.6 Å². The number of hydrogen-bond acceptors (Lipinski definition) is 7. The average molecular weight is 372 g/mol. The molecule has 2 aromatic heterocycles. The summed E-state index contributed by atoms with van der Waals surface area (Å²) in [6, 6.07) is 3.53. The lowest BCUT2D eigenvalue weighted by Crippen LogP contribution is -2.34. The predicted molar refractivity (Wildman–Crippen MR) is 92.7 cm³/mol. The molecule has 6 nitrogen and oxygen atoms in total. The van der Waals surface area contributed by atoms with Crippen LogP contribution < -0.4 is 10.6 Å². The molecule has 0 radical (unpaired) electrons. The van der Waals surface area contributed by atoms with Crippen LogP contribution in [0.4, 0.5) is 25.1 Å². The number of rotatable bonds is 6. The molecule has 10 heteroatoms. The molecule has 1 atom stereocenters. The fraction of sp³-hybridized carbons (Fsp3) is 0.467. The summed E-state index contributed by atoms with van der Waals surface area (Å²) in [5, 5.41) is 6.01. The zero-order valence-electron chi connectivity index (χ0n) is 14.2. The van der Waals surface area contributed by atoms with Gasteiger partial charge in [-0.25, -0.2) is 4.98 Å². The van der Waals surface area contributed by atoms with E-state index < -0.39 is 12.2 Å². The molecule has 2 aromatic rings. The van der Waals surface area contributed by atoms with Crippen LogP contribution >= 0.6 is 11.8 Å². The number of aromatic nitrogens is 4. The summed E-state index contributed by atoms with van der Waals surface area (Å²) in [5.41, 5.74) is 0.462. The first-order valence-electron chi connectivity index (χ1n) is 7.56. The molecule has 0 aliphatic carbocycles. The van der Waals surface area contributed by atoms with Crippen LogP contribution in [0.25, 0.3) is 11.5 Å². The third kappa shape index (κ3) is 5.45. The summed E-state index contributed by atoms with van der Waals surface area (Å²) < 4.78 is 38.4. The quantitative estimate of drug-likeness (QED) is 0.746.